The second-order valence-electron chi connectivity index (χ2n) is 21.4. The Hall–Kier alpha value is -8.02. The molecule has 338 valence electrons. The summed E-state index contributed by atoms with van der Waals surface area (Å²) in [5.41, 5.74) is 23.4. The molecule has 1 aliphatic carbocycles. The molecule has 5 heteroatoms. The molecule has 2 aliphatic heterocycles. The molecule has 3 aliphatic rings. The van der Waals surface area contributed by atoms with Gasteiger partial charge in [-0.3, -0.25) is 0 Å². The average molecular weight is 903 g/mol. The van der Waals surface area contributed by atoms with Crippen molar-refractivity contribution in [1.29, 1.82) is 0 Å². The normalized spacial score (nSPS) is 14.2. The average Bonchev–Trinajstić information content (AvgIpc) is 3.90. The molecule has 0 spiro atoms. The number of aromatic nitrogens is 1. The molecule has 0 saturated carbocycles. The molecule has 0 amide bonds. The lowest BCUT2D eigenvalue weighted by Gasteiger charge is -2.42. The number of benzene rings is 9. The lowest BCUT2D eigenvalue weighted by atomic mass is 9.33. The van der Waals surface area contributed by atoms with E-state index in [0.717, 1.165) is 34.1 Å². The Morgan fingerprint density at radius 3 is 1.63 bits per heavy atom. The van der Waals surface area contributed by atoms with Crippen molar-refractivity contribution >= 4 is 79.5 Å². The highest BCUT2D eigenvalue weighted by Crippen LogP contribution is 2.56. The Kier molecular flexibility index (Phi) is 9.48. The molecular formula is C65H55BN4. The van der Waals surface area contributed by atoms with Crippen LogP contribution in [0.4, 0.5) is 45.5 Å². The largest absolute Gasteiger partial charge is 0.330 e. The summed E-state index contributed by atoms with van der Waals surface area (Å²) in [5, 5.41) is 1.29. The Morgan fingerprint density at radius 1 is 0.443 bits per heavy atom. The standard InChI is InChI=1S/C65H55BN4/c1-64(2,3)43-23-21-32-49(39-43)69-56-40-44(65(4,5)6)37-38-54(56)66-55-36-22-35-53-59-62(68(47-28-15-9-16-29-47)48-30-17-10-18-31-48)51-33-19-20-34-52(51)63(59)70(61(53)55)58-42-50(41-57(69)60(58)66)67(45-24-11-7-12-25-45)46-26-13-8-14-27-46/h7-42,62H,1-6H3. The van der Waals surface area contributed by atoms with E-state index in [-0.39, 0.29) is 23.6 Å². The summed E-state index contributed by atoms with van der Waals surface area (Å²) in [4.78, 5) is 7.61. The number of fused-ring (bicyclic) bond motifs is 9. The fourth-order valence-electron chi connectivity index (χ4n) is 11.9. The summed E-state index contributed by atoms with van der Waals surface area (Å²) in [6.07, 6.45) is 0. The molecule has 4 nitrogen and oxygen atoms in total. The maximum Gasteiger partial charge on any atom is 0.252 e. The van der Waals surface area contributed by atoms with Crippen molar-refractivity contribution in [3.63, 3.8) is 0 Å². The molecule has 0 radical (unpaired) electrons. The predicted molar refractivity (Wildman–Crippen MR) is 297 cm³/mol. The van der Waals surface area contributed by atoms with E-state index in [9.17, 15) is 0 Å². The molecule has 1 aromatic heterocycles. The van der Waals surface area contributed by atoms with Crippen LogP contribution in [0.2, 0.25) is 0 Å². The van der Waals surface area contributed by atoms with Gasteiger partial charge in [0.1, 0.15) is 0 Å². The van der Waals surface area contributed by atoms with Crippen LogP contribution in [-0.4, -0.2) is 11.3 Å². The second-order valence-corrected chi connectivity index (χ2v) is 21.4. The fourth-order valence-corrected chi connectivity index (χ4v) is 11.9. The minimum atomic E-state index is -0.0915. The minimum Gasteiger partial charge on any atom is -0.330 e. The first-order valence-electron chi connectivity index (χ1n) is 24.8. The molecule has 0 saturated heterocycles. The molecule has 13 rings (SSSR count). The molecule has 3 heterocycles. The van der Waals surface area contributed by atoms with E-state index < -0.39 is 0 Å². The maximum absolute atomic E-state index is 2.68. The van der Waals surface area contributed by atoms with E-state index >= 15 is 0 Å². The lowest BCUT2D eigenvalue weighted by Crippen LogP contribution is -2.60. The van der Waals surface area contributed by atoms with E-state index in [4.69, 9.17) is 0 Å². The van der Waals surface area contributed by atoms with Crippen LogP contribution in [0.3, 0.4) is 0 Å². The van der Waals surface area contributed by atoms with Crippen LogP contribution in [-0.2, 0) is 10.8 Å². The highest BCUT2D eigenvalue weighted by atomic mass is 15.2. The van der Waals surface area contributed by atoms with E-state index in [1.54, 1.807) is 0 Å². The Balaban J connectivity index is 1.19. The van der Waals surface area contributed by atoms with Crippen molar-refractivity contribution in [2.75, 3.05) is 14.7 Å². The smallest absolute Gasteiger partial charge is 0.252 e. The maximum atomic E-state index is 2.68. The summed E-state index contributed by atoms with van der Waals surface area (Å²) in [5.74, 6) is 0. The van der Waals surface area contributed by atoms with E-state index in [1.807, 2.05) is 0 Å². The highest BCUT2D eigenvalue weighted by Gasteiger charge is 2.47. The Bertz CT molecular complexity index is 3560. The van der Waals surface area contributed by atoms with Crippen LogP contribution < -0.4 is 31.1 Å². The highest BCUT2D eigenvalue weighted by molar-refractivity contribution is 7.00. The number of hydrogen-bond acceptors (Lipinski definition) is 3. The van der Waals surface area contributed by atoms with Gasteiger partial charge in [-0.05, 0) is 123 Å². The molecule has 10 aromatic rings. The van der Waals surface area contributed by atoms with E-state index in [1.165, 1.54) is 77.9 Å². The zero-order valence-electron chi connectivity index (χ0n) is 40.7. The lowest BCUT2D eigenvalue weighted by molar-refractivity contribution is 0.590. The first kappa shape index (κ1) is 42.1. The van der Waals surface area contributed by atoms with Gasteiger partial charge in [0.25, 0.3) is 6.71 Å². The summed E-state index contributed by atoms with van der Waals surface area (Å²) in [6.45, 7) is 13.9. The summed E-state index contributed by atoms with van der Waals surface area (Å²) in [6, 6.07) is 81.6. The first-order valence-corrected chi connectivity index (χ1v) is 24.8. The summed E-state index contributed by atoms with van der Waals surface area (Å²) in [7, 11) is 0. The zero-order chi connectivity index (χ0) is 47.5. The zero-order valence-corrected chi connectivity index (χ0v) is 40.7. The molecular weight excluding hydrogens is 848 g/mol. The van der Waals surface area contributed by atoms with Crippen LogP contribution in [0, 0.1) is 0 Å². The number of hydrogen-bond donors (Lipinski definition) is 0. The predicted octanol–water partition coefficient (Wildman–Crippen LogP) is 15.2. The number of rotatable bonds is 7. The van der Waals surface area contributed by atoms with Gasteiger partial charge in [0.05, 0.1) is 17.4 Å². The molecule has 0 N–H and O–H groups in total. The molecule has 1 unspecified atom stereocenters. The Morgan fingerprint density at radius 2 is 1.00 bits per heavy atom. The molecule has 0 fully saturated rings. The van der Waals surface area contributed by atoms with Gasteiger partial charge in [0.15, 0.2) is 0 Å². The molecule has 70 heavy (non-hydrogen) atoms. The molecule has 1 atom stereocenters. The van der Waals surface area contributed by atoms with Crippen molar-refractivity contribution in [3.8, 4) is 16.9 Å². The number of nitrogens with zero attached hydrogens (tertiary/aromatic N) is 4. The van der Waals surface area contributed by atoms with Crippen LogP contribution in [0.25, 0.3) is 27.8 Å². The topological polar surface area (TPSA) is 14.7 Å². The van der Waals surface area contributed by atoms with Crippen LogP contribution in [0.1, 0.15) is 69.8 Å². The van der Waals surface area contributed by atoms with Crippen molar-refractivity contribution in [1.82, 2.24) is 4.57 Å². The Labute approximate surface area is 412 Å². The second kappa shape index (κ2) is 15.8. The SMILES string of the molecule is CC(C)(C)c1cccc(N2c3cc(C(C)(C)C)ccc3B3c4c2cc(N(c2ccccc2)c2ccccc2)cc4-n2c4c(c5cccc3c52)C(N(c2ccccc2)c2ccccc2)c2ccccc2-4)c1. The third kappa shape index (κ3) is 6.44. The first-order chi connectivity index (χ1) is 34.0. The van der Waals surface area contributed by atoms with E-state index in [2.05, 4.69) is 279 Å². The van der Waals surface area contributed by atoms with Gasteiger partial charge in [-0.1, -0.05) is 181 Å². The van der Waals surface area contributed by atoms with Gasteiger partial charge < -0.3 is 19.3 Å². The van der Waals surface area contributed by atoms with Gasteiger partial charge in [-0.25, -0.2) is 0 Å². The van der Waals surface area contributed by atoms with Gasteiger partial charge >= 0.3 is 0 Å². The third-order valence-corrected chi connectivity index (χ3v) is 15.1. The van der Waals surface area contributed by atoms with Crippen molar-refractivity contribution in [2.45, 2.75) is 58.4 Å². The van der Waals surface area contributed by atoms with Crippen LogP contribution in [0.5, 0.6) is 0 Å². The van der Waals surface area contributed by atoms with Crippen molar-refractivity contribution in [3.05, 3.63) is 241 Å². The van der Waals surface area contributed by atoms with Crippen LogP contribution >= 0.6 is 0 Å². The van der Waals surface area contributed by atoms with Crippen LogP contribution in [0.15, 0.2) is 218 Å². The van der Waals surface area contributed by atoms with Gasteiger partial charge in [-0.2, -0.15) is 0 Å². The fraction of sp³-hybridized carbons (Fsp3) is 0.138. The third-order valence-electron chi connectivity index (χ3n) is 15.1. The number of para-hydroxylation sites is 5. The quantitative estimate of drug-likeness (QED) is 0.148. The van der Waals surface area contributed by atoms with Crippen molar-refractivity contribution in [2.24, 2.45) is 0 Å². The molecule has 9 aromatic carbocycles. The monoisotopic (exact) mass is 902 g/mol. The van der Waals surface area contributed by atoms with Gasteiger partial charge in [0.2, 0.25) is 0 Å². The van der Waals surface area contributed by atoms with E-state index in [0.29, 0.717) is 0 Å². The molecule has 0 bridgehead atoms. The van der Waals surface area contributed by atoms with Gasteiger partial charge in [-0.15, -0.1) is 0 Å². The van der Waals surface area contributed by atoms with Crippen molar-refractivity contribution < 1.29 is 0 Å². The van der Waals surface area contributed by atoms with Gasteiger partial charge in [0, 0.05) is 67.5 Å². The number of anilines is 8. The minimum absolute atomic E-state index is 0.0220. The summed E-state index contributed by atoms with van der Waals surface area (Å²) < 4.78 is 2.68. The summed E-state index contributed by atoms with van der Waals surface area (Å²) >= 11 is 0.